The van der Waals surface area contributed by atoms with Gasteiger partial charge in [-0.25, -0.2) is 8.78 Å². The zero-order valence-corrected chi connectivity index (χ0v) is 11.1. The molecule has 1 rings (SSSR count). The van der Waals surface area contributed by atoms with Gasteiger partial charge in [-0.2, -0.15) is 5.26 Å². The molecule has 106 valence electrons. The van der Waals surface area contributed by atoms with Crippen molar-refractivity contribution in [3.05, 3.63) is 34.4 Å². The van der Waals surface area contributed by atoms with Gasteiger partial charge in [0, 0.05) is 0 Å². The number of methoxy groups -OCH3 is 1. The average Bonchev–Trinajstić information content (AvgIpc) is 2.43. The second kappa shape index (κ2) is 6.82. The third kappa shape index (κ3) is 3.42. The number of nitrogens with zero attached hydrogens (tertiary/aromatic N) is 2. The van der Waals surface area contributed by atoms with Gasteiger partial charge in [0.2, 0.25) is 0 Å². The Morgan fingerprint density at radius 2 is 2.10 bits per heavy atom. The van der Waals surface area contributed by atoms with E-state index in [4.69, 9.17) is 16.9 Å². The highest BCUT2D eigenvalue weighted by molar-refractivity contribution is 6.31. The number of nitriles is 1. The maximum Gasteiger partial charge on any atom is 0.325 e. The second-order valence-corrected chi connectivity index (χ2v) is 4.00. The molecule has 0 heterocycles. The molecule has 8 heteroatoms. The molecule has 0 aliphatic rings. The van der Waals surface area contributed by atoms with E-state index in [1.165, 1.54) is 0 Å². The van der Waals surface area contributed by atoms with E-state index in [9.17, 15) is 18.4 Å². The SMILES string of the molecule is COC(=O)CN(CC#N)C(=O)c1ccc(F)c(Cl)c1F. The van der Waals surface area contributed by atoms with E-state index >= 15 is 0 Å². The lowest BCUT2D eigenvalue weighted by Gasteiger charge is -2.18. The lowest BCUT2D eigenvalue weighted by molar-refractivity contribution is -0.141. The minimum absolute atomic E-state index is 0.456. The van der Waals surface area contributed by atoms with Gasteiger partial charge in [-0.05, 0) is 12.1 Å². The Labute approximate surface area is 118 Å². The highest BCUT2D eigenvalue weighted by Gasteiger charge is 2.24. The Bertz CT molecular complexity index is 587. The molecule has 1 aromatic rings. The highest BCUT2D eigenvalue weighted by Crippen LogP contribution is 2.22. The van der Waals surface area contributed by atoms with Crippen molar-refractivity contribution in [1.82, 2.24) is 4.90 Å². The van der Waals surface area contributed by atoms with Gasteiger partial charge < -0.3 is 9.64 Å². The number of hydrogen-bond donors (Lipinski definition) is 0. The van der Waals surface area contributed by atoms with Gasteiger partial charge in [0.25, 0.3) is 5.91 Å². The van der Waals surface area contributed by atoms with Crippen LogP contribution in [0.5, 0.6) is 0 Å². The monoisotopic (exact) mass is 302 g/mol. The molecule has 0 spiro atoms. The van der Waals surface area contributed by atoms with Crippen LogP contribution in [0.25, 0.3) is 0 Å². The van der Waals surface area contributed by atoms with Gasteiger partial charge in [-0.15, -0.1) is 0 Å². The first-order chi connectivity index (χ1) is 9.42. The smallest absolute Gasteiger partial charge is 0.325 e. The summed E-state index contributed by atoms with van der Waals surface area (Å²) in [6, 6.07) is 3.37. The fourth-order valence-corrected chi connectivity index (χ4v) is 1.53. The highest BCUT2D eigenvalue weighted by atomic mass is 35.5. The van der Waals surface area contributed by atoms with Crippen molar-refractivity contribution in [3.63, 3.8) is 0 Å². The van der Waals surface area contributed by atoms with Crippen molar-refractivity contribution in [3.8, 4) is 6.07 Å². The molecule has 0 aliphatic carbocycles. The van der Waals surface area contributed by atoms with Crippen molar-refractivity contribution < 1.29 is 23.1 Å². The average molecular weight is 303 g/mol. The second-order valence-electron chi connectivity index (χ2n) is 3.62. The largest absolute Gasteiger partial charge is 0.468 e. The van der Waals surface area contributed by atoms with Crippen molar-refractivity contribution in [2.45, 2.75) is 0 Å². The lowest BCUT2D eigenvalue weighted by atomic mass is 10.1. The van der Waals surface area contributed by atoms with Crippen molar-refractivity contribution in [2.24, 2.45) is 0 Å². The first kappa shape index (κ1) is 15.9. The quantitative estimate of drug-likeness (QED) is 0.483. The van der Waals surface area contributed by atoms with Gasteiger partial charge >= 0.3 is 5.97 Å². The minimum atomic E-state index is -1.25. The number of amides is 1. The summed E-state index contributed by atoms with van der Waals surface area (Å²) in [7, 11) is 1.10. The number of esters is 1. The molecule has 20 heavy (non-hydrogen) atoms. The molecule has 0 saturated carbocycles. The Morgan fingerprint density at radius 3 is 2.65 bits per heavy atom. The number of rotatable bonds is 4. The Balaban J connectivity index is 3.10. The van der Waals surface area contributed by atoms with E-state index in [0.29, 0.717) is 0 Å². The summed E-state index contributed by atoms with van der Waals surface area (Å²) in [6.07, 6.45) is 0. The van der Waals surface area contributed by atoms with Crippen molar-refractivity contribution in [2.75, 3.05) is 20.2 Å². The van der Waals surface area contributed by atoms with Gasteiger partial charge in [0.1, 0.15) is 23.9 Å². The van der Waals surface area contributed by atoms with Crippen molar-refractivity contribution >= 4 is 23.5 Å². The minimum Gasteiger partial charge on any atom is -0.468 e. The Hall–Kier alpha value is -2.20. The number of benzene rings is 1. The fraction of sp³-hybridized carbons (Fsp3) is 0.250. The fourth-order valence-electron chi connectivity index (χ4n) is 1.37. The van der Waals surface area contributed by atoms with Gasteiger partial charge in [-0.1, -0.05) is 11.6 Å². The summed E-state index contributed by atoms with van der Waals surface area (Å²) in [5, 5.41) is 7.78. The summed E-state index contributed by atoms with van der Waals surface area (Å²) in [4.78, 5) is 23.9. The zero-order valence-electron chi connectivity index (χ0n) is 10.3. The molecule has 5 nitrogen and oxygen atoms in total. The lowest BCUT2D eigenvalue weighted by Crippen LogP contribution is -2.37. The maximum absolute atomic E-state index is 13.7. The molecule has 1 aromatic carbocycles. The first-order valence-electron chi connectivity index (χ1n) is 5.29. The number of halogens is 3. The van der Waals surface area contributed by atoms with E-state index < -0.39 is 47.2 Å². The summed E-state index contributed by atoms with van der Waals surface area (Å²) >= 11 is 5.36. The topological polar surface area (TPSA) is 70.4 Å². The molecule has 0 atom stereocenters. The molecule has 0 saturated heterocycles. The van der Waals surface area contributed by atoms with Crippen LogP contribution in [0.1, 0.15) is 10.4 Å². The van der Waals surface area contributed by atoms with E-state index in [1.807, 2.05) is 0 Å². The standard InChI is InChI=1S/C12H9ClF2N2O3/c1-20-9(18)6-17(5-4-16)12(19)7-2-3-8(14)10(13)11(7)15/h2-3H,5-6H2,1H3. The van der Waals surface area contributed by atoms with E-state index in [-0.39, 0.29) is 0 Å². The normalized spacial score (nSPS) is 9.75. The molecular weight excluding hydrogens is 294 g/mol. The van der Waals surface area contributed by atoms with Gasteiger partial charge in [0.15, 0.2) is 5.82 Å². The molecule has 0 unspecified atom stereocenters. The third-order valence-electron chi connectivity index (χ3n) is 2.36. The number of carbonyl (C=O) groups excluding carboxylic acids is 2. The van der Waals surface area contributed by atoms with Crippen LogP contribution in [-0.4, -0.2) is 37.0 Å². The zero-order chi connectivity index (χ0) is 15.3. The van der Waals surface area contributed by atoms with E-state index in [1.54, 1.807) is 6.07 Å². The molecular formula is C12H9ClF2N2O3. The Morgan fingerprint density at radius 1 is 1.45 bits per heavy atom. The molecule has 0 fully saturated rings. The summed E-state index contributed by atoms with van der Waals surface area (Å²) < 4.78 is 31.1. The molecule has 0 aliphatic heterocycles. The van der Waals surface area contributed by atoms with E-state index in [0.717, 1.165) is 24.1 Å². The van der Waals surface area contributed by atoms with Gasteiger partial charge in [0.05, 0.1) is 18.7 Å². The summed E-state index contributed by atoms with van der Waals surface area (Å²) in [5.41, 5.74) is -0.532. The predicted octanol–water partition coefficient (Wildman–Crippen LogP) is 1.76. The number of carbonyl (C=O) groups is 2. The Kier molecular flexibility index (Phi) is 5.41. The van der Waals surface area contributed by atoms with Crippen LogP contribution in [0.4, 0.5) is 8.78 Å². The van der Waals surface area contributed by atoms with Crippen LogP contribution < -0.4 is 0 Å². The third-order valence-corrected chi connectivity index (χ3v) is 2.71. The molecule has 0 N–H and O–H groups in total. The number of hydrogen-bond acceptors (Lipinski definition) is 4. The number of ether oxygens (including phenoxy) is 1. The summed E-state index contributed by atoms with van der Waals surface area (Å²) in [5.74, 6) is -4.00. The molecule has 0 bridgehead atoms. The maximum atomic E-state index is 13.7. The van der Waals surface area contributed by atoms with Crippen molar-refractivity contribution in [1.29, 1.82) is 5.26 Å². The van der Waals surface area contributed by atoms with E-state index in [2.05, 4.69) is 4.74 Å². The molecule has 1 amide bonds. The van der Waals surface area contributed by atoms with Crippen LogP contribution >= 0.6 is 11.6 Å². The molecule has 0 radical (unpaired) electrons. The van der Waals surface area contributed by atoms with Crippen LogP contribution in [0.15, 0.2) is 12.1 Å². The van der Waals surface area contributed by atoms with Crippen LogP contribution in [-0.2, 0) is 9.53 Å². The van der Waals surface area contributed by atoms with Crippen LogP contribution in [0.2, 0.25) is 5.02 Å². The van der Waals surface area contributed by atoms with Crippen LogP contribution in [0.3, 0.4) is 0 Å². The first-order valence-corrected chi connectivity index (χ1v) is 5.66. The predicted molar refractivity (Wildman–Crippen MR) is 64.9 cm³/mol. The summed E-state index contributed by atoms with van der Waals surface area (Å²) in [6.45, 7) is -0.986. The van der Waals surface area contributed by atoms with Crippen LogP contribution in [0, 0.1) is 23.0 Å². The van der Waals surface area contributed by atoms with Gasteiger partial charge in [-0.3, -0.25) is 9.59 Å². The molecule has 0 aromatic heterocycles.